The summed E-state index contributed by atoms with van der Waals surface area (Å²) in [5.74, 6) is 0.323. The average Bonchev–Trinajstić information content (AvgIpc) is 2.90. The van der Waals surface area contributed by atoms with E-state index in [2.05, 4.69) is 9.97 Å². The second-order valence-electron chi connectivity index (χ2n) is 4.79. The van der Waals surface area contributed by atoms with E-state index in [1.165, 1.54) is 6.33 Å². The molecule has 0 atom stereocenters. The third-order valence-corrected chi connectivity index (χ3v) is 3.55. The molecule has 0 saturated heterocycles. The number of carboxylic acids is 1. The number of carbonyl (C=O) groups is 1. The van der Waals surface area contributed by atoms with Crippen LogP contribution in [0.1, 0.15) is 31.2 Å². The topological polar surface area (TPSA) is 75.6 Å². The van der Waals surface area contributed by atoms with Crippen molar-refractivity contribution in [2.45, 2.75) is 38.6 Å². The maximum absolute atomic E-state index is 11.1. The molecule has 1 fully saturated rings. The van der Waals surface area contributed by atoms with Crippen LogP contribution in [0.25, 0.3) is 0 Å². The Hall–Kier alpha value is -1.85. The average molecular weight is 265 g/mol. The molecule has 0 bridgehead atoms. The first-order valence-corrected chi connectivity index (χ1v) is 6.47. The lowest BCUT2D eigenvalue weighted by atomic mass is 10.2. The van der Waals surface area contributed by atoms with Crippen LogP contribution in [0, 0.1) is 6.92 Å². The van der Waals surface area contributed by atoms with Gasteiger partial charge in [-0.15, -0.1) is 0 Å². The fourth-order valence-corrected chi connectivity index (χ4v) is 2.66. The monoisotopic (exact) mass is 265 g/mol. The van der Waals surface area contributed by atoms with Crippen molar-refractivity contribution in [3.63, 3.8) is 0 Å². The molecule has 1 saturated carbocycles. The van der Waals surface area contributed by atoms with Crippen molar-refractivity contribution in [2.75, 3.05) is 18.6 Å². The molecule has 1 aliphatic rings. The number of nitrogens with zero attached hydrogens (tertiary/aromatic N) is 3. The Bertz CT molecular complexity index is 458. The molecule has 104 valence electrons. The van der Waals surface area contributed by atoms with Crippen molar-refractivity contribution >= 4 is 11.8 Å². The van der Waals surface area contributed by atoms with Crippen molar-refractivity contribution in [3.8, 4) is 5.88 Å². The van der Waals surface area contributed by atoms with E-state index in [-0.39, 0.29) is 12.6 Å². The number of aromatic nitrogens is 2. The summed E-state index contributed by atoms with van der Waals surface area (Å²) in [5.41, 5.74) is 0.790. The maximum Gasteiger partial charge on any atom is 0.323 e. The van der Waals surface area contributed by atoms with Crippen LogP contribution in [0.3, 0.4) is 0 Å². The summed E-state index contributed by atoms with van der Waals surface area (Å²) in [7, 11) is 1.55. The quantitative estimate of drug-likeness (QED) is 0.872. The van der Waals surface area contributed by atoms with Crippen LogP contribution in [0.15, 0.2) is 6.33 Å². The first kappa shape index (κ1) is 13.6. The van der Waals surface area contributed by atoms with Gasteiger partial charge in [-0.05, 0) is 19.8 Å². The predicted octanol–water partition coefficient (Wildman–Crippen LogP) is 1.63. The molecule has 2 rings (SSSR count). The van der Waals surface area contributed by atoms with Crippen molar-refractivity contribution in [2.24, 2.45) is 0 Å². The van der Waals surface area contributed by atoms with E-state index >= 15 is 0 Å². The normalized spacial score (nSPS) is 15.5. The zero-order chi connectivity index (χ0) is 13.8. The molecule has 1 aromatic rings. The molecule has 1 aliphatic carbocycles. The van der Waals surface area contributed by atoms with Gasteiger partial charge in [0, 0.05) is 6.04 Å². The van der Waals surface area contributed by atoms with Crippen LogP contribution in [-0.4, -0.2) is 40.7 Å². The van der Waals surface area contributed by atoms with Crippen LogP contribution in [0.5, 0.6) is 5.88 Å². The zero-order valence-electron chi connectivity index (χ0n) is 11.3. The molecule has 6 heteroatoms. The van der Waals surface area contributed by atoms with Crippen molar-refractivity contribution in [1.29, 1.82) is 0 Å². The Morgan fingerprint density at radius 2 is 2.16 bits per heavy atom. The van der Waals surface area contributed by atoms with E-state index in [4.69, 9.17) is 9.84 Å². The SMILES string of the molecule is COc1ncnc(N(CC(=O)O)C2CCCC2)c1C. The van der Waals surface area contributed by atoms with Crippen molar-refractivity contribution < 1.29 is 14.6 Å². The molecule has 0 aliphatic heterocycles. The molecular formula is C13H19N3O3. The molecule has 0 radical (unpaired) electrons. The number of carboxylic acid groups (broad SMARTS) is 1. The van der Waals surface area contributed by atoms with Gasteiger partial charge in [0.15, 0.2) is 0 Å². The number of ether oxygens (including phenoxy) is 1. The summed E-state index contributed by atoms with van der Waals surface area (Å²) < 4.78 is 5.18. The molecule has 6 nitrogen and oxygen atoms in total. The number of hydrogen-bond acceptors (Lipinski definition) is 5. The first-order valence-electron chi connectivity index (χ1n) is 6.47. The molecule has 0 spiro atoms. The minimum absolute atomic E-state index is 0.0360. The summed E-state index contributed by atoms with van der Waals surface area (Å²) in [6.07, 6.45) is 5.73. The lowest BCUT2D eigenvalue weighted by Gasteiger charge is -2.29. The van der Waals surface area contributed by atoms with Crippen LogP contribution in [0.4, 0.5) is 5.82 Å². The molecule has 1 aromatic heterocycles. The molecule has 19 heavy (non-hydrogen) atoms. The number of rotatable bonds is 5. The Balaban J connectivity index is 2.34. The van der Waals surface area contributed by atoms with Crippen LogP contribution in [0.2, 0.25) is 0 Å². The van der Waals surface area contributed by atoms with Crippen LogP contribution in [-0.2, 0) is 4.79 Å². The smallest absolute Gasteiger partial charge is 0.323 e. The molecule has 0 aromatic carbocycles. The van der Waals surface area contributed by atoms with Crippen molar-refractivity contribution in [3.05, 3.63) is 11.9 Å². The molecule has 0 amide bonds. The summed E-state index contributed by atoms with van der Waals surface area (Å²) in [6, 6.07) is 0.245. The van der Waals surface area contributed by atoms with Gasteiger partial charge in [-0.3, -0.25) is 4.79 Å². The highest BCUT2D eigenvalue weighted by Crippen LogP contribution is 2.31. The van der Waals surface area contributed by atoms with Gasteiger partial charge < -0.3 is 14.7 Å². The Kier molecular flexibility index (Phi) is 4.19. The van der Waals surface area contributed by atoms with Gasteiger partial charge in [-0.2, -0.15) is 0 Å². The molecule has 0 unspecified atom stereocenters. The molecular weight excluding hydrogens is 246 g/mol. The lowest BCUT2D eigenvalue weighted by Crippen LogP contribution is -2.38. The van der Waals surface area contributed by atoms with Crippen molar-refractivity contribution in [1.82, 2.24) is 9.97 Å². The lowest BCUT2D eigenvalue weighted by molar-refractivity contribution is -0.135. The minimum Gasteiger partial charge on any atom is -0.481 e. The Morgan fingerprint density at radius 3 is 2.74 bits per heavy atom. The van der Waals surface area contributed by atoms with Crippen LogP contribution < -0.4 is 9.64 Å². The standard InChI is InChI=1S/C13H19N3O3/c1-9-12(14-8-15-13(9)19-2)16(7-11(17)18)10-5-3-4-6-10/h8,10H,3-7H2,1-2H3,(H,17,18). The van der Waals surface area contributed by atoms with Gasteiger partial charge >= 0.3 is 5.97 Å². The summed E-state index contributed by atoms with van der Waals surface area (Å²) >= 11 is 0. The summed E-state index contributed by atoms with van der Waals surface area (Å²) in [6.45, 7) is 1.82. The number of aliphatic carboxylic acids is 1. The third-order valence-electron chi connectivity index (χ3n) is 3.55. The van der Waals surface area contributed by atoms with Gasteiger partial charge in [0.2, 0.25) is 5.88 Å². The third kappa shape index (κ3) is 2.94. The highest BCUT2D eigenvalue weighted by molar-refractivity contribution is 5.74. The van der Waals surface area contributed by atoms with Gasteiger partial charge in [0.05, 0.1) is 12.7 Å². The summed E-state index contributed by atoms with van der Waals surface area (Å²) in [5, 5.41) is 9.11. The fourth-order valence-electron chi connectivity index (χ4n) is 2.66. The maximum atomic E-state index is 11.1. The Morgan fingerprint density at radius 1 is 1.47 bits per heavy atom. The number of methoxy groups -OCH3 is 1. The highest BCUT2D eigenvalue weighted by atomic mass is 16.5. The fraction of sp³-hybridized carbons (Fsp3) is 0.615. The van der Waals surface area contributed by atoms with E-state index in [9.17, 15) is 4.79 Å². The highest BCUT2D eigenvalue weighted by Gasteiger charge is 2.27. The summed E-state index contributed by atoms with van der Waals surface area (Å²) in [4.78, 5) is 21.3. The van der Waals surface area contributed by atoms with E-state index in [0.717, 1.165) is 31.2 Å². The van der Waals surface area contributed by atoms with Gasteiger partial charge in [0.1, 0.15) is 18.7 Å². The second-order valence-corrected chi connectivity index (χ2v) is 4.79. The van der Waals surface area contributed by atoms with Crippen LogP contribution >= 0.6 is 0 Å². The van der Waals surface area contributed by atoms with E-state index in [1.54, 1.807) is 7.11 Å². The second kappa shape index (κ2) is 5.86. The largest absolute Gasteiger partial charge is 0.481 e. The first-order chi connectivity index (χ1) is 9.13. The van der Waals surface area contributed by atoms with E-state index < -0.39 is 5.97 Å². The van der Waals surface area contributed by atoms with Gasteiger partial charge in [-0.1, -0.05) is 12.8 Å². The zero-order valence-corrected chi connectivity index (χ0v) is 11.3. The minimum atomic E-state index is -0.844. The van der Waals surface area contributed by atoms with Gasteiger partial charge in [-0.25, -0.2) is 9.97 Å². The predicted molar refractivity (Wildman–Crippen MR) is 70.6 cm³/mol. The number of anilines is 1. The van der Waals surface area contributed by atoms with E-state index in [0.29, 0.717) is 11.7 Å². The molecule has 1 N–H and O–H groups in total. The number of hydrogen-bond donors (Lipinski definition) is 1. The van der Waals surface area contributed by atoms with E-state index in [1.807, 2.05) is 11.8 Å². The Labute approximate surface area is 112 Å². The van der Waals surface area contributed by atoms with Gasteiger partial charge in [0.25, 0.3) is 0 Å². The molecule has 1 heterocycles.